The third-order valence-electron chi connectivity index (χ3n) is 0. The van der Waals surface area contributed by atoms with Crippen LogP contribution in [0.3, 0.4) is 0 Å². The molecule has 20 valence electrons. The van der Waals surface area contributed by atoms with E-state index < -0.39 is 0 Å². The van der Waals surface area contributed by atoms with Crippen molar-refractivity contribution in [1.82, 2.24) is 0 Å². The summed E-state index contributed by atoms with van der Waals surface area (Å²) < 4.78 is 0. The van der Waals surface area contributed by atoms with Gasteiger partial charge in [0.25, 0.3) is 0 Å². The minimum absolute atomic E-state index is 0. The first-order valence-electron chi connectivity index (χ1n) is 0. The Hall–Kier alpha value is 3.08. The van der Waals surface area contributed by atoms with Crippen LogP contribution in [0.2, 0.25) is 0 Å². The summed E-state index contributed by atoms with van der Waals surface area (Å²) in [5.41, 5.74) is 0. The van der Waals surface area contributed by atoms with E-state index >= 15 is 0 Å². The summed E-state index contributed by atoms with van der Waals surface area (Å²) in [5, 5.41) is 0. The zero-order chi connectivity index (χ0) is 0. The van der Waals surface area contributed by atoms with Crippen molar-refractivity contribution in [3.05, 3.63) is 0 Å². The normalized spacial score (nSPS) is 0. The maximum atomic E-state index is 0. The molecule has 0 aromatic carbocycles. The summed E-state index contributed by atoms with van der Waals surface area (Å²) in [6.45, 7) is 0. The van der Waals surface area contributed by atoms with Gasteiger partial charge < -0.3 is 0 Å². The molecule has 0 N–H and O–H groups in total. The van der Waals surface area contributed by atoms with Crippen LogP contribution in [0.4, 0.5) is 0 Å². The molecule has 0 aromatic rings. The van der Waals surface area contributed by atoms with Crippen molar-refractivity contribution in [2.45, 2.75) is 0 Å². The molecule has 0 bridgehead atoms. The molecule has 4 radical (unpaired) electrons. The van der Waals surface area contributed by atoms with Gasteiger partial charge in [0.1, 0.15) is 0 Å². The molecule has 0 aliphatic rings. The van der Waals surface area contributed by atoms with E-state index in [0.717, 1.165) is 0 Å². The van der Waals surface area contributed by atoms with Gasteiger partial charge in [0.2, 0.25) is 0 Å². The summed E-state index contributed by atoms with van der Waals surface area (Å²) in [7, 11) is 0. The van der Waals surface area contributed by atoms with Crippen LogP contribution in [0, 0.1) is 41.7 Å². The minimum Gasteiger partial charge on any atom is 0 e. The van der Waals surface area contributed by atoms with Crippen molar-refractivity contribution < 1.29 is 81.4 Å². The van der Waals surface area contributed by atoms with E-state index in [-0.39, 0.29) is 91.3 Å². The Morgan fingerprint density at radius 1 is 1.00 bits per heavy atom. The standard InChI is InChI=1S/Ce.Mo.P.V. The molecule has 0 aliphatic carbocycles. The molecule has 0 aliphatic heterocycles. The van der Waals surface area contributed by atoms with E-state index in [2.05, 4.69) is 0 Å². The molecule has 0 amide bonds. The van der Waals surface area contributed by atoms with Crippen LogP contribution in [-0.2, 0) is 39.6 Å². The first-order valence-corrected chi connectivity index (χ1v) is 0. The van der Waals surface area contributed by atoms with E-state index in [1.807, 2.05) is 0 Å². The van der Waals surface area contributed by atoms with Crippen molar-refractivity contribution in [3.8, 4) is 0 Å². The van der Waals surface area contributed by atoms with E-state index in [0.29, 0.717) is 0 Å². The summed E-state index contributed by atoms with van der Waals surface area (Å²) in [6, 6.07) is 0. The van der Waals surface area contributed by atoms with Crippen LogP contribution >= 0.6 is 9.90 Å². The van der Waals surface area contributed by atoms with Crippen LogP contribution in [0.1, 0.15) is 0 Å². The van der Waals surface area contributed by atoms with Gasteiger partial charge in [0.05, 0.1) is 0 Å². The molecule has 0 unspecified atom stereocenters. The van der Waals surface area contributed by atoms with Crippen LogP contribution < -0.4 is 0 Å². The fourth-order valence-electron chi connectivity index (χ4n) is 0. The van der Waals surface area contributed by atoms with Crippen molar-refractivity contribution in [3.63, 3.8) is 0 Å². The second-order valence-corrected chi connectivity index (χ2v) is 0. The monoisotopic (exact) mass is 320 g/mol. The minimum atomic E-state index is 0. The Morgan fingerprint density at radius 2 is 1.00 bits per heavy atom. The van der Waals surface area contributed by atoms with Gasteiger partial charge in [-0.15, -0.1) is 0 Å². The quantitative estimate of drug-likeness (QED) is 0.459. The third kappa shape index (κ3) is 8.91. The molecule has 0 saturated heterocycles. The molecular formula is CeMoPV. The van der Waals surface area contributed by atoms with Crippen LogP contribution in [0.25, 0.3) is 0 Å². The van der Waals surface area contributed by atoms with Crippen LogP contribution in [0.5, 0.6) is 0 Å². The van der Waals surface area contributed by atoms with Gasteiger partial charge in [-0.2, -0.15) is 0 Å². The van der Waals surface area contributed by atoms with E-state index in [4.69, 9.17) is 0 Å². The van der Waals surface area contributed by atoms with Gasteiger partial charge in [0, 0.05) is 91.3 Å². The Labute approximate surface area is 89.4 Å². The second-order valence-electron chi connectivity index (χ2n) is 0. The van der Waals surface area contributed by atoms with Gasteiger partial charge in [-0.1, -0.05) is 0 Å². The van der Waals surface area contributed by atoms with Crippen molar-refractivity contribution in [2.24, 2.45) is 0 Å². The molecule has 4 heavy (non-hydrogen) atoms. The number of rotatable bonds is 0. The van der Waals surface area contributed by atoms with Gasteiger partial charge >= 0.3 is 0 Å². The Kier molecular flexibility index (Phi) is 114. The summed E-state index contributed by atoms with van der Waals surface area (Å²) >= 11 is 0. The Balaban J connectivity index is 0. The van der Waals surface area contributed by atoms with Crippen LogP contribution in [0.15, 0.2) is 0 Å². The van der Waals surface area contributed by atoms with Gasteiger partial charge in [-0.25, -0.2) is 0 Å². The largest absolute Gasteiger partial charge is 0 e. The average Bonchev–Trinajstić information content (AvgIpc) is 0. The average molecular weight is 318 g/mol. The van der Waals surface area contributed by atoms with Crippen LogP contribution in [-0.4, -0.2) is 0 Å². The first kappa shape index (κ1) is 27.6. The molecule has 0 aromatic heterocycles. The maximum absolute atomic E-state index is 0. The molecule has 0 saturated carbocycles. The molecule has 0 rings (SSSR count). The molecule has 0 heterocycles. The van der Waals surface area contributed by atoms with Crippen molar-refractivity contribution in [1.29, 1.82) is 0 Å². The van der Waals surface area contributed by atoms with Gasteiger partial charge in [-0.3, -0.25) is 0 Å². The molecule has 0 spiro atoms. The van der Waals surface area contributed by atoms with Gasteiger partial charge in [0.15, 0.2) is 0 Å². The number of hydrogen-bond donors (Lipinski definition) is 0. The smallest absolute Gasteiger partial charge is 0 e. The summed E-state index contributed by atoms with van der Waals surface area (Å²) in [5.74, 6) is 0. The maximum Gasteiger partial charge on any atom is 0 e. The van der Waals surface area contributed by atoms with E-state index in [1.54, 1.807) is 0 Å². The predicted octanol–water partition coefficient (Wildman–Crippen LogP) is 0.856. The first-order chi connectivity index (χ1) is 0. The van der Waals surface area contributed by atoms with Crippen molar-refractivity contribution >= 4 is 9.90 Å². The fourth-order valence-corrected chi connectivity index (χ4v) is 0. The topological polar surface area (TPSA) is 0 Å². The number of hydrogen-bond acceptors (Lipinski definition) is 0. The predicted molar refractivity (Wildman–Crippen MR) is 6.92 cm³/mol. The van der Waals surface area contributed by atoms with Gasteiger partial charge in [-0.05, 0) is 0 Å². The van der Waals surface area contributed by atoms with E-state index in [9.17, 15) is 0 Å². The Morgan fingerprint density at radius 3 is 1.00 bits per heavy atom. The molecule has 0 atom stereocenters. The fraction of sp³-hybridized carbons (Fsp3) is 0. The summed E-state index contributed by atoms with van der Waals surface area (Å²) in [4.78, 5) is 0. The molecule has 4 heteroatoms. The SMILES string of the molecule is [Ce].[Mo].[P].[V]. The second kappa shape index (κ2) is 16.5. The molecular weight excluding hydrogens is 318 g/mol. The zero-order valence-electron chi connectivity index (χ0n) is 1.80. The Bertz CT molecular complexity index is 8.00. The molecule has 0 fully saturated rings. The van der Waals surface area contributed by atoms with Crippen molar-refractivity contribution in [2.75, 3.05) is 0 Å². The van der Waals surface area contributed by atoms with E-state index in [1.165, 1.54) is 0 Å². The third-order valence-corrected chi connectivity index (χ3v) is 0. The summed E-state index contributed by atoms with van der Waals surface area (Å²) in [6.07, 6.45) is 0. The molecule has 0 nitrogen and oxygen atoms in total. The zero-order valence-corrected chi connectivity index (χ0v) is 9.24.